The molecule has 1 saturated heterocycles. The summed E-state index contributed by atoms with van der Waals surface area (Å²) >= 11 is 0. The number of aliphatic hydroxyl groups is 1. The number of carbonyl (C=O) groups is 2. The number of benzene rings is 2. The number of hydrogen-bond donors (Lipinski definition) is 2. The number of halogens is 4. The minimum atomic E-state index is -4.62. The number of aliphatic hydroxyl groups excluding tert-OH is 1. The molecule has 3 rings (SSSR count). The van der Waals surface area contributed by atoms with Crippen molar-refractivity contribution >= 4 is 27.7 Å². The summed E-state index contributed by atoms with van der Waals surface area (Å²) in [6, 6.07) is 2.31. The van der Waals surface area contributed by atoms with Crippen molar-refractivity contribution in [3.8, 4) is 0 Å². The third-order valence-corrected chi connectivity index (χ3v) is 7.28. The van der Waals surface area contributed by atoms with E-state index >= 15 is 0 Å². The van der Waals surface area contributed by atoms with E-state index in [1.165, 1.54) is 4.90 Å². The molecule has 2 amide bonds. The summed E-state index contributed by atoms with van der Waals surface area (Å²) in [5, 5.41) is 11.9. The van der Waals surface area contributed by atoms with Gasteiger partial charge >= 0.3 is 6.09 Å². The Labute approximate surface area is 210 Å². The van der Waals surface area contributed by atoms with Crippen LogP contribution < -0.4 is 5.32 Å². The van der Waals surface area contributed by atoms with E-state index in [0.29, 0.717) is 12.1 Å². The summed E-state index contributed by atoms with van der Waals surface area (Å²) in [6.07, 6.45) is -0.707. The van der Waals surface area contributed by atoms with Crippen LogP contribution >= 0.6 is 0 Å². The summed E-state index contributed by atoms with van der Waals surface area (Å²) in [5.41, 5.74) is -1.63. The number of carbonyl (C=O) groups excluding carboxylic acids is 2. The van der Waals surface area contributed by atoms with Gasteiger partial charge in [0.1, 0.15) is 16.3 Å². The average Bonchev–Trinajstić information content (AvgIpc) is 2.81. The maximum atomic E-state index is 14.7. The zero-order valence-electron chi connectivity index (χ0n) is 20.1. The zero-order valence-corrected chi connectivity index (χ0v) is 20.9. The molecule has 1 heterocycles. The van der Waals surface area contributed by atoms with Crippen molar-refractivity contribution in [1.29, 1.82) is 0 Å². The predicted molar refractivity (Wildman–Crippen MR) is 123 cm³/mol. The normalized spacial score (nSPS) is 17.0. The van der Waals surface area contributed by atoms with E-state index in [9.17, 15) is 40.7 Å². The van der Waals surface area contributed by atoms with Gasteiger partial charge in [-0.2, -0.15) is 4.31 Å². The van der Waals surface area contributed by atoms with E-state index in [-0.39, 0.29) is 25.2 Å². The van der Waals surface area contributed by atoms with Crippen LogP contribution in [0.1, 0.15) is 31.1 Å². The number of anilines is 1. The Balaban J connectivity index is 1.85. The monoisotopic (exact) mass is 547 g/mol. The van der Waals surface area contributed by atoms with Gasteiger partial charge in [0.05, 0.1) is 12.6 Å². The molecule has 9 nitrogen and oxygen atoms in total. The Hall–Kier alpha value is -3.23. The largest absolute Gasteiger partial charge is 0.444 e. The van der Waals surface area contributed by atoms with Crippen LogP contribution in [0.2, 0.25) is 0 Å². The zero-order chi connectivity index (χ0) is 27.7. The summed E-state index contributed by atoms with van der Waals surface area (Å²) in [4.78, 5) is 25.3. The second-order valence-corrected chi connectivity index (χ2v) is 11.1. The van der Waals surface area contributed by atoms with Crippen LogP contribution in [0.4, 0.5) is 28.0 Å². The van der Waals surface area contributed by atoms with E-state index < -0.39 is 74.1 Å². The lowest BCUT2D eigenvalue weighted by atomic mass is 10.2. The number of rotatable bonds is 5. The molecule has 1 fully saturated rings. The number of nitrogens with zero attached hydrogens (tertiary/aromatic N) is 2. The fourth-order valence-corrected chi connectivity index (χ4v) is 5.29. The molecule has 0 aromatic heterocycles. The van der Waals surface area contributed by atoms with E-state index in [2.05, 4.69) is 5.32 Å². The Morgan fingerprint density at radius 3 is 2.24 bits per heavy atom. The number of piperazine rings is 1. The molecule has 2 aromatic rings. The lowest BCUT2D eigenvalue weighted by Gasteiger charge is -2.40. The van der Waals surface area contributed by atoms with Crippen molar-refractivity contribution < 1.29 is 45.4 Å². The molecule has 2 N–H and O–H groups in total. The molecule has 37 heavy (non-hydrogen) atoms. The van der Waals surface area contributed by atoms with Crippen LogP contribution in [-0.2, 0) is 14.8 Å². The van der Waals surface area contributed by atoms with Gasteiger partial charge in [-0.15, -0.1) is 0 Å². The van der Waals surface area contributed by atoms with E-state index in [1.807, 2.05) is 0 Å². The Morgan fingerprint density at radius 2 is 1.68 bits per heavy atom. The lowest BCUT2D eigenvalue weighted by Crippen LogP contribution is -2.58. The summed E-state index contributed by atoms with van der Waals surface area (Å²) in [5.74, 6) is -7.09. The van der Waals surface area contributed by atoms with Crippen LogP contribution in [0.15, 0.2) is 35.2 Å². The highest BCUT2D eigenvalue weighted by Crippen LogP contribution is 2.26. The SMILES string of the molecule is CC(C)(C)OC(=O)N1CCN(S(=O)(=O)c2cc(C(=O)Nc3cc(F)c(F)c(F)c3)ccc2F)[C@H](CO)C1. The number of nitrogens with one attached hydrogen (secondary N) is 1. The smallest absolute Gasteiger partial charge is 0.410 e. The molecule has 1 aliphatic rings. The molecule has 14 heteroatoms. The highest BCUT2D eigenvalue weighted by atomic mass is 32.2. The van der Waals surface area contributed by atoms with Gasteiger partial charge in [0, 0.05) is 43.0 Å². The quantitative estimate of drug-likeness (QED) is 0.439. The van der Waals surface area contributed by atoms with Crippen LogP contribution in [0.25, 0.3) is 0 Å². The van der Waals surface area contributed by atoms with Crippen LogP contribution in [-0.4, -0.2) is 72.6 Å². The van der Waals surface area contributed by atoms with Gasteiger partial charge in [0.2, 0.25) is 10.0 Å². The predicted octanol–water partition coefficient (Wildman–Crippen LogP) is 3.10. The molecule has 0 saturated carbocycles. The number of ether oxygens (including phenoxy) is 1. The van der Waals surface area contributed by atoms with Crippen molar-refractivity contribution in [2.45, 2.75) is 37.3 Å². The van der Waals surface area contributed by atoms with E-state index in [1.54, 1.807) is 20.8 Å². The standard InChI is InChI=1S/C23H25F4N3O6S/c1-23(2,3)36-22(33)29-6-7-30(15(11-29)12-31)37(34,35)19-8-13(4-5-16(19)24)21(32)28-14-9-17(25)20(27)18(26)10-14/h4-5,8-10,15,31H,6-7,11-12H2,1-3H3,(H,28,32)/t15-/m0/s1. The second-order valence-electron chi connectivity index (χ2n) is 9.23. The lowest BCUT2D eigenvalue weighted by molar-refractivity contribution is 0.00878. The van der Waals surface area contributed by atoms with Crippen molar-refractivity contribution in [3.63, 3.8) is 0 Å². The van der Waals surface area contributed by atoms with Crippen molar-refractivity contribution in [2.24, 2.45) is 0 Å². The maximum Gasteiger partial charge on any atom is 0.410 e. The molecule has 1 aliphatic heterocycles. The topological polar surface area (TPSA) is 116 Å². The van der Waals surface area contributed by atoms with Gasteiger partial charge < -0.3 is 20.1 Å². The van der Waals surface area contributed by atoms with Crippen molar-refractivity contribution in [1.82, 2.24) is 9.21 Å². The maximum absolute atomic E-state index is 14.7. The molecule has 2 aromatic carbocycles. The molecule has 0 aliphatic carbocycles. The minimum absolute atomic E-state index is 0.103. The molecule has 0 spiro atoms. The first-order valence-electron chi connectivity index (χ1n) is 11.0. The fraction of sp³-hybridized carbons (Fsp3) is 0.391. The minimum Gasteiger partial charge on any atom is -0.444 e. The van der Waals surface area contributed by atoms with Gasteiger partial charge in [0.25, 0.3) is 5.91 Å². The first-order chi connectivity index (χ1) is 17.1. The van der Waals surface area contributed by atoms with Gasteiger partial charge in [0.15, 0.2) is 17.5 Å². The van der Waals surface area contributed by atoms with Gasteiger partial charge in [-0.05, 0) is 39.0 Å². The molecule has 0 radical (unpaired) electrons. The van der Waals surface area contributed by atoms with Crippen LogP contribution in [0, 0.1) is 23.3 Å². The van der Waals surface area contributed by atoms with Gasteiger partial charge in [-0.1, -0.05) is 0 Å². The van der Waals surface area contributed by atoms with Crippen LogP contribution in [0.3, 0.4) is 0 Å². The number of hydrogen-bond acceptors (Lipinski definition) is 6. The van der Waals surface area contributed by atoms with Crippen LogP contribution in [0.5, 0.6) is 0 Å². The third kappa shape index (κ3) is 6.37. The summed E-state index contributed by atoms with van der Waals surface area (Å²) < 4.78 is 87.4. The Bertz CT molecular complexity index is 1290. The number of sulfonamides is 1. The molecule has 202 valence electrons. The average molecular weight is 548 g/mol. The molecular weight excluding hydrogens is 522 g/mol. The molecule has 0 bridgehead atoms. The van der Waals surface area contributed by atoms with Crippen molar-refractivity contribution in [2.75, 3.05) is 31.6 Å². The van der Waals surface area contributed by atoms with Gasteiger partial charge in [-0.3, -0.25) is 4.79 Å². The van der Waals surface area contributed by atoms with Crippen molar-refractivity contribution in [3.05, 3.63) is 59.2 Å². The molecular formula is C23H25F4N3O6S. The third-order valence-electron chi connectivity index (χ3n) is 5.31. The first kappa shape index (κ1) is 28.3. The summed E-state index contributed by atoms with van der Waals surface area (Å²) in [7, 11) is -4.62. The fourth-order valence-electron chi connectivity index (χ4n) is 3.60. The Kier molecular flexibility index (Phi) is 8.15. The Morgan fingerprint density at radius 1 is 1.05 bits per heavy atom. The number of amides is 2. The summed E-state index contributed by atoms with van der Waals surface area (Å²) in [6.45, 7) is 3.65. The van der Waals surface area contributed by atoms with Gasteiger partial charge in [-0.25, -0.2) is 30.8 Å². The second kappa shape index (κ2) is 10.6. The first-order valence-corrected chi connectivity index (χ1v) is 12.4. The highest BCUT2D eigenvalue weighted by Gasteiger charge is 2.39. The molecule has 0 unspecified atom stereocenters. The van der Waals surface area contributed by atoms with E-state index in [0.717, 1.165) is 22.5 Å². The molecule has 1 atom stereocenters. The highest BCUT2D eigenvalue weighted by molar-refractivity contribution is 7.89. The van der Waals surface area contributed by atoms with E-state index in [4.69, 9.17) is 4.74 Å².